The van der Waals surface area contributed by atoms with Gasteiger partial charge in [0.2, 0.25) is 0 Å². The number of hydrogen-bond acceptors (Lipinski definition) is 3. The third-order valence-corrected chi connectivity index (χ3v) is 2.54. The third-order valence-electron chi connectivity index (χ3n) is 2.54. The molecule has 1 saturated heterocycles. The smallest absolute Gasteiger partial charge is 0.0361 e. The number of nitrogens with one attached hydrogen (secondary N) is 1. The summed E-state index contributed by atoms with van der Waals surface area (Å²) in [6, 6.07) is 4.03. The lowest BCUT2D eigenvalue weighted by Crippen LogP contribution is -2.22. The maximum atomic E-state index is 5.45. The number of rotatable bonds is 1. The van der Waals surface area contributed by atoms with Crippen LogP contribution < -0.4 is 11.1 Å². The molecule has 3 N–H and O–H groups in total. The third kappa shape index (κ3) is 2.59. The summed E-state index contributed by atoms with van der Waals surface area (Å²) in [5, 5.41) is 3.29. The minimum atomic E-state index is 0.894. The molecule has 2 heterocycles. The van der Waals surface area contributed by atoms with Crippen molar-refractivity contribution in [1.29, 1.82) is 0 Å². The quantitative estimate of drug-likeness (QED) is 0.726. The zero-order chi connectivity index (χ0) is 10.5. The molecule has 0 amide bonds. The lowest BCUT2D eigenvalue weighted by atomic mass is 10.0. The van der Waals surface area contributed by atoms with Crippen molar-refractivity contribution in [3.63, 3.8) is 0 Å². The van der Waals surface area contributed by atoms with E-state index in [0.29, 0.717) is 0 Å². The average Bonchev–Trinajstić information content (AvgIpc) is 2.31. The van der Waals surface area contributed by atoms with E-state index in [2.05, 4.69) is 16.4 Å². The molecule has 1 fully saturated rings. The minimum Gasteiger partial charge on any atom is -0.403 e. The van der Waals surface area contributed by atoms with Crippen LogP contribution in [0.15, 0.2) is 42.0 Å². The predicted molar refractivity (Wildman–Crippen MR) is 61.7 cm³/mol. The molecule has 3 nitrogen and oxygen atoms in total. The fourth-order valence-corrected chi connectivity index (χ4v) is 1.66. The van der Waals surface area contributed by atoms with Gasteiger partial charge in [-0.05, 0) is 30.5 Å². The van der Waals surface area contributed by atoms with E-state index in [1.165, 1.54) is 11.1 Å². The van der Waals surface area contributed by atoms with Crippen LogP contribution in [-0.4, -0.2) is 11.5 Å². The van der Waals surface area contributed by atoms with Gasteiger partial charge in [0.15, 0.2) is 0 Å². The number of hydrogen-bond donors (Lipinski definition) is 2. The maximum absolute atomic E-state index is 5.45. The fourth-order valence-electron chi connectivity index (χ4n) is 1.66. The van der Waals surface area contributed by atoms with Gasteiger partial charge in [-0.1, -0.05) is 11.6 Å². The number of piperidine rings is 1. The molecule has 15 heavy (non-hydrogen) atoms. The molecule has 0 bridgehead atoms. The van der Waals surface area contributed by atoms with Gasteiger partial charge in [0.05, 0.1) is 0 Å². The van der Waals surface area contributed by atoms with Crippen molar-refractivity contribution in [1.82, 2.24) is 10.3 Å². The van der Waals surface area contributed by atoms with E-state index in [0.717, 1.165) is 25.1 Å². The number of pyridine rings is 1. The molecule has 1 aromatic heterocycles. The van der Waals surface area contributed by atoms with Crippen LogP contribution in [0.4, 0.5) is 0 Å². The second-order valence-corrected chi connectivity index (χ2v) is 3.63. The molecule has 1 aliphatic heterocycles. The monoisotopic (exact) mass is 201 g/mol. The molecule has 2 rings (SSSR count). The molecule has 1 aromatic rings. The summed E-state index contributed by atoms with van der Waals surface area (Å²) in [6.45, 7) is 0.894. The summed E-state index contributed by atoms with van der Waals surface area (Å²) in [5.41, 5.74) is 9.21. The first-order chi connectivity index (χ1) is 7.38. The maximum Gasteiger partial charge on any atom is 0.0361 e. The van der Waals surface area contributed by atoms with Crippen molar-refractivity contribution in [3.8, 4) is 0 Å². The number of nitrogens with two attached hydrogens (primary N) is 1. The SMILES string of the molecule is N/C=C1/CC/C(=C\c2ccncc2)CN1. The largest absolute Gasteiger partial charge is 0.403 e. The van der Waals surface area contributed by atoms with Crippen LogP contribution in [-0.2, 0) is 0 Å². The Bertz CT molecular complexity index is 367. The molecule has 0 aliphatic carbocycles. The molecule has 0 spiro atoms. The summed E-state index contributed by atoms with van der Waals surface area (Å²) >= 11 is 0. The van der Waals surface area contributed by atoms with Crippen LogP contribution in [0.5, 0.6) is 0 Å². The molecular formula is C12H15N3. The highest BCUT2D eigenvalue weighted by Crippen LogP contribution is 2.17. The Kier molecular flexibility index (Phi) is 3.02. The first kappa shape index (κ1) is 9.77. The summed E-state index contributed by atoms with van der Waals surface area (Å²) in [7, 11) is 0. The molecule has 0 radical (unpaired) electrons. The Morgan fingerprint density at radius 1 is 1.27 bits per heavy atom. The minimum absolute atomic E-state index is 0.894. The molecular weight excluding hydrogens is 186 g/mol. The van der Waals surface area contributed by atoms with Crippen LogP contribution in [0.3, 0.4) is 0 Å². The van der Waals surface area contributed by atoms with Gasteiger partial charge in [-0.3, -0.25) is 4.98 Å². The highest BCUT2D eigenvalue weighted by atomic mass is 14.9. The Morgan fingerprint density at radius 2 is 2.07 bits per heavy atom. The van der Waals surface area contributed by atoms with E-state index in [9.17, 15) is 0 Å². The summed E-state index contributed by atoms with van der Waals surface area (Å²) in [4.78, 5) is 3.99. The zero-order valence-electron chi connectivity index (χ0n) is 8.61. The first-order valence-electron chi connectivity index (χ1n) is 5.12. The zero-order valence-corrected chi connectivity index (χ0v) is 8.61. The summed E-state index contributed by atoms with van der Waals surface area (Å²) in [6.07, 6.45) is 9.58. The number of nitrogens with zero attached hydrogens (tertiary/aromatic N) is 1. The van der Waals surface area contributed by atoms with Crippen LogP contribution in [0.25, 0.3) is 6.08 Å². The normalized spacial score (nSPS) is 21.6. The van der Waals surface area contributed by atoms with Gasteiger partial charge in [-0.2, -0.15) is 0 Å². The van der Waals surface area contributed by atoms with Crippen molar-refractivity contribution < 1.29 is 0 Å². The van der Waals surface area contributed by atoms with E-state index in [1.807, 2.05) is 24.5 Å². The molecule has 0 atom stereocenters. The molecule has 3 heteroatoms. The highest BCUT2D eigenvalue weighted by molar-refractivity contribution is 5.53. The van der Waals surface area contributed by atoms with Crippen molar-refractivity contribution in [2.24, 2.45) is 5.73 Å². The molecule has 78 valence electrons. The molecule has 0 saturated carbocycles. The van der Waals surface area contributed by atoms with Gasteiger partial charge in [0.1, 0.15) is 0 Å². The van der Waals surface area contributed by atoms with Gasteiger partial charge in [0, 0.05) is 30.8 Å². The van der Waals surface area contributed by atoms with Crippen LogP contribution >= 0.6 is 0 Å². The van der Waals surface area contributed by atoms with Gasteiger partial charge < -0.3 is 11.1 Å². The number of aromatic nitrogens is 1. The lowest BCUT2D eigenvalue weighted by Gasteiger charge is -2.19. The molecule has 0 aromatic carbocycles. The van der Waals surface area contributed by atoms with E-state index in [-0.39, 0.29) is 0 Å². The Hall–Kier alpha value is -1.77. The Balaban J connectivity index is 2.05. The van der Waals surface area contributed by atoms with Gasteiger partial charge in [-0.25, -0.2) is 0 Å². The van der Waals surface area contributed by atoms with E-state index < -0.39 is 0 Å². The second kappa shape index (κ2) is 4.64. The van der Waals surface area contributed by atoms with E-state index in [1.54, 1.807) is 6.20 Å². The van der Waals surface area contributed by atoms with Crippen LogP contribution in [0, 0.1) is 0 Å². The first-order valence-corrected chi connectivity index (χ1v) is 5.12. The van der Waals surface area contributed by atoms with Crippen molar-refractivity contribution in [2.75, 3.05) is 6.54 Å². The standard InChI is InChI=1S/C12H15N3/c13-8-12-2-1-11(9-15-12)7-10-3-5-14-6-4-10/h3-8,15H,1-2,9,13H2/b11-7+,12-8-. The topological polar surface area (TPSA) is 50.9 Å². The van der Waals surface area contributed by atoms with Crippen molar-refractivity contribution >= 4 is 6.08 Å². The van der Waals surface area contributed by atoms with Gasteiger partial charge in [0.25, 0.3) is 0 Å². The Labute approximate surface area is 89.7 Å². The van der Waals surface area contributed by atoms with Crippen molar-refractivity contribution in [3.05, 3.63) is 47.6 Å². The summed E-state index contributed by atoms with van der Waals surface area (Å²) < 4.78 is 0. The summed E-state index contributed by atoms with van der Waals surface area (Å²) in [5.74, 6) is 0. The van der Waals surface area contributed by atoms with Gasteiger partial charge >= 0.3 is 0 Å². The van der Waals surface area contributed by atoms with Crippen molar-refractivity contribution in [2.45, 2.75) is 12.8 Å². The molecule has 0 unspecified atom stereocenters. The second-order valence-electron chi connectivity index (χ2n) is 3.63. The Morgan fingerprint density at radius 3 is 2.67 bits per heavy atom. The van der Waals surface area contributed by atoms with E-state index in [4.69, 9.17) is 5.73 Å². The number of allylic oxidation sites excluding steroid dienone is 1. The molecule has 1 aliphatic rings. The van der Waals surface area contributed by atoms with Crippen LogP contribution in [0.2, 0.25) is 0 Å². The average molecular weight is 201 g/mol. The highest BCUT2D eigenvalue weighted by Gasteiger charge is 2.07. The van der Waals surface area contributed by atoms with E-state index >= 15 is 0 Å². The van der Waals surface area contributed by atoms with Crippen LogP contribution in [0.1, 0.15) is 18.4 Å². The fraction of sp³-hybridized carbons (Fsp3) is 0.250. The van der Waals surface area contributed by atoms with Gasteiger partial charge in [-0.15, -0.1) is 0 Å². The predicted octanol–water partition coefficient (Wildman–Crippen LogP) is 1.65. The lowest BCUT2D eigenvalue weighted by molar-refractivity contribution is 0.699.